The van der Waals surface area contributed by atoms with Crippen molar-refractivity contribution in [2.75, 3.05) is 11.9 Å². The molecule has 4 aromatic rings. The Labute approximate surface area is 193 Å². The third-order valence-electron chi connectivity index (χ3n) is 4.76. The second kappa shape index (κ2) is 10.2. The smallest absolute Gasteiger partial charge is 0.354 e. The van der Waals surface area contributed by atoms with Gasteiger partial charge in [0.15, 0.2) is 0 Å². The number of rotatable bonds is 9. The fourth-order valence-corrected chi connectivity index (χ4v) is 3.25. The van der Waals surface area contributed by atoms with Gasteiger partial charge in [-0.05, 0) is 48.4 Å². The Kier molecular flexibility index (Phi) is 6.86. The van der Waals surface area contributed by atoms with Crippen molar-refractivity contribution < 1.29 is 9.84 Å². The second-order valence-electron chi connectivity index (χ2n) is 7.11. The number of aromatic nitrogens is 5. The van der Waals surface area contributed by atoms with E-state index in [2.05, 4.69) is 20.5 Å². The quantitative estimate of drug-likeness (QED) is 0.344. The van der Waals surface area contributed by atoms with Gasteiger partial charge in [0.1, 0.15) is 5.75 Å². The van der Waals surface area contributed by atoms with Gasteiger partial charge in [0.25, 0.3) is 0 Å². The van der Waals surface area contributed by atoms with E-state index in [4.69, 9.17) is 21.4 Å². The van der Waals surface area contributed by atoms with Gasteiger partial charge in [-0.15, -0.1) is 0 Å². The van der Waals surface area contributed by atoms with Crippen LogP contribution in [0.5, 0.6) is 11.6 Å². The predicted molar refractivity (Wildman–Crippen MR) is 123 cm³/mol. The van der Waals surface area contributed by atoms with Crippen LogP contribution in [-0.2, 0) is 13.1 Å². The second-order valence-corrected chi connectivity index (χ2v) is 7.55. The van der Waals surface area contributed by atoms with E-state index in [1.165, 1.54) is 4.57 Å². The number of aliphatic hydroxyl groups is 1. The Bertz CT molecular complexity index is 1320. The molecule has 4 rings (SSSR count). The maximum absolute atomic E-state index is 13.1. The number of aliphatic hydroxyl groups excluding tert-OH is 1. The van der Waals surface area contributed by atoms with Crippen LogP contribution in [0.4, 0.5) is 11.6 Å². The number of hydrogen-bond acceptors (Lipinski definition) is 7. The molecule has 0 aliphatic rings. The van der Waals surface area contributed by atoms with Crippen molar-refractivity contribution in [3.63, 3.8) is 0 Å². The molecule has 3 N–H and O–H groups in total. The lowest BCUT2D eigenvalue weighted by Crippen LogP contribution is -2.42. The Morgan fingerprint density at radius 2 is 1.79 bits per heavy atom. The number of ether oxygens (including phenoxy) is 1. The number of H-pyrrole nitrogens is 1. The van der Waals surface area contributed by atoms with E-state index in [9.17, 15) is 9.59 Å². The standard InChI is InChI=1S/C22H21ClN6O4/c23-16-4-2-15(3-5-16)14-29-20(26-21(31)28(22(29)32)12-1-13-30)25-17-6-8-18(9-7-17)33-19-10-11-24-27-19/h2-11,30H,1,12-14H2,(H,24,27)(H,25,26,31). The fraction of sp³-hybridized carbons (Fsp3) is 0.182. The fourth-order valence-electron chi connectivity index (χ4n) is 3.12. The lowest BCUT2D eigenvalue weighted by molar-refractivity contribution is 0.276. The number of hydrogen-bond donors (Lipinski definition) is 3. The molecule has 0 unspecified atom stereocenters. The molecule has 0 atom stereocenters. The largest absolute Gasteiger partial charge is 0.440 e. The lowest BCUT2D eigenvalue weighted by Gasteiger charge is -2.16. The van der Waals surface area contributed by atoms with Crippen molar-refractivity contribution >= 4 is 23.2 Å². The van der Waals surface area contributed by atoms with Crippen molar-refractivity contribution in [2.45, 2.75) is 19.5 Å². The molecule has 0 bridgehead atoms. The van der Waals surface area contributed by atoms with Gasteiger partial charge in [0.05, 0.1) is 12.7 Å². The highest BCUT2D eigenvalue weighted by Gasteiger charge is 2.14. The van der Waals surface area contributed by atoms with Crippen LogP contribution in [0.3, 0.4) is 0 Å². The predicted octanol–water partition coefficient (Wildman–Crippen LogP) is 2.75. The summed E-state index contributed by atoms with van der Waals surface area (Å²) in [4.78, 5) is 29.7. The minimum Gasteiger partial charge on any atom is -0.440 e. The molecule has 33 heavy (non-hydrogen) atoms. The van der Waals surface area contributed by atoms with Crippen molar-refractivity contribution in [1.29, 1.82) is 0 Å². The van der Waals surface area contributed by atoms with E-state index in [1.54, 1.807) is 60.8 Å². The van der Waals surface area contributed by atoms with Gasteiger partial charge < -0.3 is 15.2 Å². The van der Waals surface area contributed by atoms with Gasteiger partial charge in [-0.2, -0.15) is 10.1 Å². The summed E-state index contributed by atoms with van der Waals surface area (Å²) in [7, 11) is 0. The van der Waals surface area contributed by atoms with Crippen molar-refractivity contribution in [3.8, 4) is 11.6 Å². The first-order valence-electron chi connectivity index (χ1n) is 10.1. The highest BCUT2D eigenvalue weighted by Crippen LogP contribution is 2.22. The summed E-state index contributed by atoms with van der Waals surface area (Å²) in [6, 6.07) is 15.7. The summed E-state index contributed by atoms with van der Waals surface area (Å²) in [6.45, 7) is 0.101. The molecule has 2 aromatic heterocycles. The third-order valence-corrected chi connectivity index (χ3v) is 5.01. The van der Waals surface area contributed by atoms with Crippen LogP contribution in [0.1, 0.15) is 12.0 Å². The van der Waals surface area contributed by atoms with Gasteiger partial charge in [0, 0.05) is 29.9 Å². The van der Waals surface area contributed by atoms with Gasteiger partial charge in [-0.1, -0.05) is 23.7 Å². The number of nitrogens with one attached hydrogen (secondary N) is 2. The number of halogens is 1. The van der Waals surface area contributed by atoms with E-state index >= 15 is 0 Å². The van der Waals surface area contributed by atoms with E-state index < -0.39 is 11.4 Å². The summed E-state index contributed by atoms with van der Waals surface area (Å²) in [6.07, 6.45) is 1.85. The van der Waals surface area contributed by atoms with E-state index in [0.29, 0.717) is 22.3 Å². The Morgan fingerprint density at radius 1 is 1.03 bits per heavy atom. The zero-order valence-corrected chi connectivity index (χ0v) is 18.2. The van der Waals surface area contributed by atoms with E-state index in [-0.39, 0.29) is 32.1 Å². The third kappa shape index (κ3) is 5.48. The normalized spacial score (nSPS) is 10.8. The van der Waals surface area contributed by atoms with Crippen LogP contribution in [-0.4, -0.2) is 36.0 Å². The number of nitrogens with zero attached hydrogens (tertiary/aromatic N) is 4. The number of aromatic amines is 1. The lowest BCUT2D eigenvalue weighted by atomic mass is 10.2. The van der Waals surface area contributed by atoms with E-state index in [0.717, 1.165) is 10.1 Å². The van der Waals surface area contributed by atoms with Crippen LogP contribution in [0.15, 0.2) is 70.4 Å². The summed E-state index contributed by atoms with van der Waals surface area (Å²) >= 11 is 5.97. The average Bonchev–Trinajstić information content (AvgIpc) is 3.32. The molecule has 0 amide bonds. The van der Waals surface area contributed by atoms with Gasteiger partial charge in [-0.25, -0.2) is 19.3 Å². The minimum absolute atomic E-state index is 0.0711. The summed E-state index contributed by atoms with van der Waals surface area (Å²) in [5.41, 5.74) is 0.195. The summed E-state index contributed by atoms with van der Waals surface area (Å²) in [5.74, 6) is 1.18. The van der Waals surface area contributed by atoms with Crippen LogP contribution < -0.4 is 21.4 Å². The van der Waals surface area contributed by atoms with E-state index in [1.807, 2.05) is 0 Å². The SMILES string of the molecule is O=c1nc(Nc2ccc(Oc3ccn[nH]3)cc2)n(Cc2ccc(Cl)cc2)c(=O)n1CCCO. The first kappa shape index (κ1) is 22.3. The summed E-state index contributed by atoms with van der Waals surface area (Å²) in [5, 5.41) is 19.3. The van der Waals surface area contributed by atoms with Crippen LogP contribution in [0.25, 0.3) is 0 Å². The molecule has 0 fully saturated rings. The molecule has 2 aromatic carbocycles. The molecule has 0 aliphatic carbocycles. The molecule has 2 heterocycles. The van der Waals surface area contributed by atoms with Crippen molar-refractivity contribution in [3.05, 3.63) is 92.3 Å². The summed E-state index contributed by atoms with van der Waals surface area (Å²) < 4.78 is 8.01. The molecular formula is C22H21ClN6O4. The van der Waals surface area contributed by atoms with Crippen LogP contribution in [0, 0.1) is 0 Å². The Morgan fingerprint density at radius 3 is 2.45 bits per heavy atom. The number of benzene rings is 2. The van der Waals surface area contributed by atoms with Crippen molar-refractivity contribution in [1.82, 2.24) is 24.3 Å². The Hall–Kier alpha value is -3.89. The highest BCUT2D eigenvalue weighted by atomic mass is 35.5. The first-order chi connectivity index (χ1) is 16.0. The maximum atomic E-state index is 13.1. The topological polar surface area (TPSA) is 127 Å². The Balaban J connectivity index is 1.65. The maximum Gasteiger partial charge on any atom is 0.354 e. The molecular weight excluding hydrogens is 448 g/mol. The number of anilines is 2. The molecule has 11 heteroatoms. The molecule has 170 valence electrons. The molecule has 0 spiro atoms. The molecule has 0 saturated heterocycles. The van der Waals surface area contributed by atoms with Gasteiger partial charge in [0.2, 0.25) is 11.8 Å². The molecule has 0 radical (unpaired) electrons. The van der Waals surface area contributed by atoms with Crippen molar-refractivity contribution in [2.24, 2.45) is 0 Å². The first-order valence-corrected chi connectivity index (χ1v) is 10.5. The van der Waals surface area contributed by atoms with Gasteiger partial charge in [-0.3, -0.25) is 4.57 Å². The monoisotopic (exact) mass is 468 g/mol. The highest BCUT2D eigenvalue weighted by molar-refractivity contribution is 6.30. The van der Waals surface area contributed by atoms with Gasteiger partial charge >= 0.3 is 11.4 Å². The molecule has 0 saturated carbocycles. The van der Waals surface area contributed by atoms with Crippen LogP contribution in [0.2, 0.25) is 5.02 Å². The molecule has 10 nitrogen and oxygen atoms in total. The zero-order valence-electron chi connectivity index (χ0n) is 17.4. The minimum atomic E-state index is -0.692. The molecule has 0 aliphatic heterocycles. The zero-order chi connectivity index (χ0) is 23.2. The van der Waals surface area contributed by atoms with Crippen LogP contribution >= 0.6 is 11.6 Å². The average molecular weight is 469 g/mol.